The molecule has 0 bridgehead atoms. The molecule has 80 valence electrons. The SMILES string of the molecule is NC1CCCCCC1CC1CC=CC1. The van der Waals surface area contributed by atoms with Gasteiger partial charge in [0.15, 0.2) is 0 Å². The summed E-state index contributed by atoms with van der Waals surface area (Å²) in [4.78, 5) is 0. The first-order chi connectivity index (χ1) is 6.86. The lowest BCUT2D eigenvalue weighted by molar-refractivity contribution is 0.314. The first kappa shape index (κ1) is 10.2. The highest BCUT2D eigenvalue weighted by Gasteiger charge is 2.23. The second kappa shape index (κ2) is 4.97. The first-order valence-corrected chi connectivity index (χ1v) is 6.27. The van der Waals surface area contributed by atoms with E-state index in [4.69, 9.17) is 5.73 Å². The minimum absolute atomic E-state index is 0.498. The average Bonchev–Trinajstić information content (AvgIpc) is 2.60. The molecule has 0 amide bonds. The zero-order valence-electron chi connectivity index (χ0n) is 9.12. The summed E-state index contributed by atoms with van der Waals surface area (Å²) in [5, 5.41) is 0. The Hall–Kier alpha value is -0.300. The third-order valence-corrected chi connectivity index (χ3v) is 3.96. The monoisotopic (exact) mass is 193 g/mol. The first-order valence-electron chi connectivity index (χ1n) is 6.27. The molecule has 14 heavy (non-hydrogen) atoms. The molecule has 0 aromatic rings. The Morgan fingerprint density at radius 3 is 2.50 bits per heavy atom. The molecular weight excluding hydrogens is 170 g/mol. The Morgan fingerprint density at radius 1 is 1.00 bits per heavy atom. The van der Waals surface area contributed by atoms with Crippen LogP contribution in [0.4, 0.5) is 0 Å². The van der Waals surface area contributed by atoms with E-state index in [0.717, 1.165) is 11.8 Å². The average molecular weight is 193 g/mol. The van der Waals surface area contributed by atoms with Crippen molar-refractivity contribution in [2.24, 2.45) is 17.6 Å². The van der Waals surface area contributed by atoms with Gasteiger partial charge in [-0.2, -0.15) is 0 Å². The van der Waals surface area contributed by atoms with Crippen LogP contribution >= 0.6 is 0 Å². The molecule has 2 atom stereocenters. The van der Waals surface area contributed by atoms with Crippen LogP contribution in [0.25, 0.3) is 0 Å². The van der Waals surface area contributed by atoms with Crippen LogP contribution in [0.3, 0.4) is 0 Å². The Labute approximate surface area is 87.8 Å². The molecule has 1 nitrogen and oxygen atoms in total. The molecule has 1 heteroatoms. The van der Waals surface area contributed by atoms with Gasteiger partial charge in [0.05, 0.1) is 0 Å². The van der Waals surface area contributed by atoms with Crippen molar-refractivity contribution in [3.05, 3.63) is 12.2 Å². The second-order valence-corrected chi connectivity index (χ2v) is 5.11. The lowest BCUT2D eigenvalue weighted by Crippen LogP contribution is -2.30. The van der Waals surface area contributed by atoms with Crippen molar-refractivity contribution in [1.82, 2.24) is 0 Å². The van der Waals surface area contributed by atoms with Gasteiger partial charge in [-0.1, -0.05) is 31.4 Å². The number of rotatable bonds is 2. The normalized spacial score (nSPS) is 34.6. The highest BCUT2D eigenvalue weighted by Crippen LogP contribution is 2.32. The van der Waals surface area contributed by atoms with Crippen LogP contribution in [0.1, 0.15) is 51.4 Å². The van der Waals surface area contributed by atoms with Gasteiger partial charge in [-0.3, -0.25) is 0 Å². The lowest BCUT2D eigenvalue weighted by atomic mass is 9.85. The molecule has 2 unspecified atom stereocenters. The maximum absolute atomic E-state index is 6.24. The molecular formula is C13H23N. The quantitative estimate of drug-likeness (QED) is 0.529. The van der Waals surface area contributed by atoms with E-state index in [1.165, 1.54) is 51.4 Å². The standard InChI is InChI=1S/C13H23N/c14-13-9-3-1-2-8-12(13)10-11-6-4-5-7-11/h4-5,11-13H,1-3,6-10,14H2. The minimum Gasteiger partial charge on any atom is -0.327 e. The van der Waals surface area contributed by atoms with Gasteiger partial charge in [0.25, 0.3) is 0 Å². The third-order valence-electron chi connectivity index (χ3n) is 3.96. The molecule has 2 aliphatic carbocycles. The molecule has 0 saturated heterocycles. The summed E-state index contributed by atoms with van der Waals surface area (Å²) in [5.74, 6) is 1.74. The molecule has 0 spiro atoms. The molecule has 2 N–H and O–H groups in total. The largest absolute Gasteiger partial charge is 0.327 e. The Kier molecular flexibility index (Phi) is 3.63. The van der Waals surface area contributed by atoms with E-state index in [9.17, 15) is 0 Å². The van der Waals surface area contributed by atoms with Gasteiger partial charge in [-0.25, -0.2) is 0 Å². The maximum Gasteiger partial charge on any atom is 0.00672 e. The molecule has 0 radical (unpaired) electrons. The smallest absolute Gasteiger partial charge is 0.00672 e. The minimum atomic E-state index is 0.498. The van der Waals surface area contributed by atoms with Gasteiger partial charge < -0.3 is 5.73 Å². The lowest BCUT2D eigenvalue weighted by Gasteiger charge is -2.24. The van der Waals surface area contributed by atoms with Crippen LogP contribution in [0, 0.1) is 11.8 Å². The van der Waals surface area contributed by atoms with Crippen LogP contribution in [0.15, 0.2) is 12.2 Å². The van der Waals surface area contributed by atoms with E-state index in [1.54, 1.807) is 0 Å². The summed E-state index contributed by atoms with van der Waals surface area (Å²) in [5.41, 5.74) is 6.24. The highest BCUT2D eigenvalue weighted by molar-refractivity contribution is 4.95. The number of hydrogen-bond donors (Lipinski definition) is 1. The van der Waals surface area contributed by atoms with Crippen LogP contribution < -0.4 is 5.73 Å². The Morgan fingerprint density at radius 2 is 1.71 bits per heavy atom. The molecule has 0 aromatic heterocycles. The van der Waals surface area contributed by atoms with E-state index < -0.39 is 0 Å². The number of nitrogens with two attached hydrogens (primary N) is 1. The summed E-state index contributed by atoms with van der Waals surface area (Å²) in [7, 11) is 0. The fraction of sp³-hybridized carbons (Fsp3) is 0.846. The van der Waals surface area contributed by atoms with Crippen LogP contribution in [0.2, 0.25) is 0 Å². The predicted octanol–water partition coefficient (Wildman–Crippen LogP) is 3.25. The van der Waals surface area contributed by atoms with Crippen molar-refractivity contribution < 1.29 is 0 Å². The van der Waals surface area contributed by atoms with Gasteiger partial charge in [0, 0.05) is 6.04 Å². The molecule has 2 aliphatic rings. The fourth-order valence-corrected chi connectivity index (χ4v) is 3.00. The van der Waals surface area contributed by atoms with Gasteiger partial charge >= 0.3 is 0 Å². The summed E-state index contributed by atoms with van der Waals surface area (Å²) >= 11 is 0. The highest BCUT2D eigenvalue weighted by atomic mass is 14.7. The van der Waals surface area contributed by atoms with Crippen molar-refractivity contribution in [3.8, 4) is 0 Å². The topological polar surface area (TPSA) is 26.0 Å². The zero-order chi connectivity index (χ0) is 9.80. The predicted molar refractivity (Wildman–Crippen MR) is 61.0 cm³/mol. The molecule has 1 fully saturated rings. The van der Waals surface area contributed by atoms with Gasteiger partial charge in [-0.05, 0) is 43.9 Å². The molecule has 1 saturated carbocycles. The summed E-state index contributed by atoms with van der Waals surface area (Å²) in [6.07, 6.45) is 15.5. The Balaban J connectivity index is 1.81. The number of hydrogen-bond acceptors (Lipinski definition) is 1. The maximum atomic E-state index is 6.24. The van der Waals surface area contributed by atoms with E-state index in [0.29, 0.717) is 6.04 Å². The van der Waals surface area contributed by atoms with E-state index in [-0.39, 0.29) is 0 Å². The molecule has 2 rings (SSSR count). The summed E-state index contributed by atoms with van der Waals surface area (Å²) in [6.45, 7) is 0. The Bertz CT molecular complexity index is 189. The van der Waals surface area contributed by atoms with Gasteiger partial charge in [0.2, 0.25) is 0 Å². The van der Waals surface area contributed by atoms with E-state index in [2.05, 4.69) is 12.2 Å². The van der Waals surface area contributed by atoms with Crippen LogP contribution in [-0.4, -0.2) is 6.04 Å². The second-order valence-electron chi connectivity index (χ2n) is 5.11. The van der Waals surface area contributed by atoms with E-state index >= 15 is 0 Å². The van der Waals surface area contributed by atoms with Crippen molar-refractivity contribution in [2.75, 3.05) is 0 Å². The van der Waals surface area contributed by atoms with Crippen molar-refractivity contribution in [3.63, 3.8) is 0 Å². The van der Waals surface area contributed by atoms with Crippen LogP contribution in [0.5, 0.6) is 0 Å². The summed E-state index contributed by atoms with van der Waals surface area (Å²) in [6, 6.07) is 0.498. The van der Waals surface area contributed by atoms with Crippen molar-refractivity contribution in [1.29, 1.82) is 0 Å². The summed E-state index contributed by atoms with van der Waals surface area (Å²) < 4.78 is 0. The van der Waals surface area contributed by atoms with Crippen LogP contribution in [-0.2, 0) is 0 Å². The molecule has 0 aliphatic heterocycles. The zero-order valence-corrected chi connectivity index (χ0v) is 9.12. The molecule has 0 heterocycles. The fourth-order valence-electron chi connectivity index (χ4n) is 3.00. The third kappa shape index (κ3) is 2.60. The van der Waals surface area contributed by atoms with Gasteiger partial charge in [-0.15, -0.1) is 0 Å². The number of allylic oxidation sites excluding steroid dienone is 2. The van der Waals surface area contributed by atoms with E-state index in [1.807, 2.05) is 0 Å². The van der Waals surface area contributed by atoms with Crippen molar-refractivity contribution >= 4 is 0 Å². The molecule has 0 aromatic carbocycles. The van der Waals surface area contributed by atoms with Gasteiger partial charge in [0.1, 0.15) is 0 Å². The van der Waals surface area contributed by atoms with Crippen molar-refractivity contribution in [2.45, 2.75) is 57.4 Å².